The van der Waals surface area contributed by atoms with Gasteiger partial charge in [0.05, 0.1) is 0 Å². The minimum atomic E-state index is 0.769. The molecule has 0 aliphatic carbocycles. The van der Waals surface area contributed by atoms with E-state index in [1.807, 2.05) is 13.1 Å². The lowest BCUT2D eigenvalue weighted by Crippen LogP contribution is -2.20. The van der Waals surface area contributed by atoms with Crippen molar-refractivity contribution in [1.82, 2.24) is 4.98 Å². The Balaban J connectivity index is 2.16. The summed E-state index contributed by atoms with van der Waals surface area (Å²) in [7, 11) is 1.90. The highest BCUT2D eigenvalue weighted by molar-refractivity contribution is 5.47. The first kappa shape index (κ1) is 10.3. The lowest BCUT2D eigenvalue weighted by Gasteiger charge is -2.17. The Morgan fingerprint density at radius 1 is 1.27 bits per heavy atom. The molecule has 2 atom stereocenters. The maximum Gasteiger partial charge on any atom is 0.130 e. The molecule has 0 saturated carbocycles. The second-order valence-corrected chi connectivity index (χ2v) is 4.49. The molecule has 1 aliphatic heterocycles. The third-order valence-electron chi connectivity index (χ3n) is 3.30. The van der Waals surface area contributed by atoms with Crippen molar-refractivity contribution in [3.63, 3.8) is 0 Å². The molecule has 15 heavy (non-hydrogen) atoms. The number of aromatic nitrogens is 1. The molecule has 0 bridgehead atoms. The maximum absolute atomic E-state index is 4.56. The topological polar surface area (TPSA) is 28.2 Å². The maximum atomic E-state index is 4.56. The first-order valence-electron chi connectivity index (χ1n) is 5.60. The number of anilines is 2. The third-order valence-corrected chi connectivity index (χ3v) is 3.30. The largest absolute Gasteiger partial charge is 0.373 e. The van der Waals surface area contributed by atoms with Crippen LogP contribution in [-0.2, 0) is 0 Å². The smallest absolute Gasteiger partial charge is 0.130 e. The van der Waals surface area contributed by atoms with Crippen LogP contribution in [0.2, 0.25) is 0 Å². The molecule has 0 radical (unpaired) electrons. The number of pyridine rings is 1. The molecular weight excluding hydrogens is 186 g/mol. The van der Waals surface area contributed by atoms with E-state index in [9.17, 15) is 0 Å². The van der Waals surface area contributed by atoms with Gasteiger partial charge in [-0.1, -0.05) is 19.9 Å². The Morgan fingerprint density at radius 3 is 2.53 bits per heavy atom. The zero-order valence-electron chi connectivity index (χ0n) is 9.70. The molecular formula is C12H19N3. The molecule has 0 amide bonds. The summed E-state index contributed by atoms with van der Waals surface area (Å²) in [5, 5.41) is 3.08. The number of hydrogen-bond acceptors (Lipinski definition) is 3. The zero-order chi connectivity index (χ0) is 10.8. The summed E-state index contributed by atoms with van der Waals surface area (Å²) in [6.07, 6.45) is 0. The van der Waals surface area contributed by atoms with Crippen LogP contribution in [-0.4, -0.2) is 25.1 Å². The highest BCUT2D eigenvalue weighted by Crippen LogP contribution is 2.26. The van der Waals surface area contributed by atoms with E-state index in [0.29, 0.717) is 0 Å². The average Bonchev–Trinajstić information content (AvgIpc) is 2.59. The van der Waals surface area contributed by atoms with Gasteiger partial charge in [-0.2, -0.15) is 0 Å². The fraction of sp³-hybridized carbons (Fsp3) is 0.583. The second kappa shape index (κ2) is 4.09. The Labute approximate surface area is 91.5 Å². The van der Waals surface area contributed by atoms with E-state index >= 15 is 0 Å². The summed E-state index contributed by atoms with van der Waals surface area (Å²) in [6.45, 7) is 6.88. The molecule has 3 nitrogen and oxygen atoms in total. The Morgan fingerprint density at radius 2 is 1.93 bits per heavy atom. The van der Waals surface area contributed by atoms with Crippen LogP contribution in [0.5, 0.6) is 0 Å². The highest BCUT2D eigenvalue weighted by atomic mass is 15.2. The fourth-order valence-electron chi connectivity index (χ4n) is 2.06. The summed E-state index contributed by atoms with van der Waals surface area (Å²) in [4.78, 5) is 6.93. The Hall–Kier alpha value is -1.25. The van der Waals surface area contributed by atoms with E-state index in [1.165, 1.54) is 0 Å². The fourth-order valence-corrected chi connectivity index (χ4v) is 2.06. The van der Waals surface area contributed by atoms with E-state index in [2.05, 4.69) is 41.2 Å². The molecule has 1 aromatic heterocycles. The third kappa shape index (κ3) is 2.06. The van der Waals surface area contributed by atoms with Gasteiger partial charge in [0.1, 0.15) is 11.6 Å². The summed E-state index contributed by atoms with van der Waals surface area (Å²) >= 11 is 0. The molecule has 2 unspecified atom stereocenters. The van der Waals surface area contributed by atoms with Crippen molar-refractivity contribution in [2.24, 2.45) is 11.8 Å². The molecule has 0 aromatic carbocycles. The van der Waals surface area contributed by atoms with Gasteiger partial charge in [-0.05, 0) is 24.0 Å². The molecule has 1 aromatic rings. The van der Waals surface area contributed by atoms with Crippen LogP contribution in [0.4, 0.5) is 11.6 Å². The number of nitrogens with zero attached hydrogens (tertiary/aromatic N) is 2. The lowest BCUT2D eigenvalue weighted by atomic mass is 10.0. The quantitative estimate of drug-likeness (QED) is 0.802. The van der Waals surface area contributed by atoms with Crippen LogP contribution < -0.4 is 10.2 Å². The van der Waals surface area contributed by atoms with Gasteiger partial charge in [-0.25, -0.2) is 4.98 Å². The van der Waals surface area contributed by atoms with Crippen LogP contribution in [0.3, 0.4) is 0 Å². The molecule has 1 aliphatic rings. The SMILES string of the molecule is CNc1cccc(N2CC(C)C(C)C2)n1. The number of hydrogen-bond donors (Lipinski definition) is 1. The van der Waals surface area contributed by atoms with Crippen LogP contribution in [0.25, 0.3) is 0 Å². The van der Waals surface area contributed by atoms with E-state index < -0.39 is 0 Å². The highest BCUT2D eigenvalue weighted by Gasteiger charge is 2.26. The predicted octanol–water partition coefficient (Wildman–Crippen LogP) is 2.22. The Bertz CT molecular complexity index is 327. The normalized spacial score (nSPS) is 25.7. The molecule has 2 heterocycles. The van der Waals surface area contributed by atoms with Crippen molar-refractivity contribution < 1.29 is 0 Å². The minimum absolute atomic E-state index is 0.769. The molecule has 1 fully saturated rings. The first-order chi connectivity index (χ1) is 7.20. The molecule has 0 spiro atoms. The zero-order valence-corrected chi connectivity index (χ0v) is 9.70. The van der Waals surface area contributed by atoms with Crippen LogP contribution in [0, 0.1) is 11.8 Å². The lowest BCUT2D eigenvalue weighted by molar-refractivity contribution is 0.494. The molecule has 3 heteroatoms. The van der Waals surface area contributed by atoms with Gasteiger partial charge in [0, 0.05) is 20.1 Å². The van der Waals surface area contributed by atoms with E-state index in [0.717, 1.165) is 36.6 Å². The minimum Gasteiger partial charge on any atom is -0.373 e. The van der Waals surface area contributed by atoms with Gasteiger partial charge in [-0.3, -0.25) is 0 Å². The summed E-state index contributed by atoms with van der Waals surface area (Å²) in [6, 6.07) is 6.14. The van der Waals surface area contributed by atoms with Gasteiger partial charge in [0.15, 0.2) is 0 Å². The van der Waals surface area contributed by atoms with Crippen LogP contribution >= 0.6 is 0 Å². The first-order valence-corrected chi connectivity index (χ1v) is 5.60. The summed E-state index contributed by atoms with van der Waals surface area (Å²) in [5.41, 5.74) is 0. The number of nitrogens with one attached hydrogen (secondary N) is 1. The Kier molecular flexibility index (Phi) is 2.80. The molecule has 82 valence electrons. The predicted molar refractivity (Wildman–Crippen MR) is 64.3 cm³/mol. The van der Waals surface area contributed by atoms with Crippen molar-refractivity contribution >= 4 is 11.6 Å². The standard InChI is InChI=1S/C12H19N3/c1-9-7-15(8-10(9)2)12-6-4-5-11(13-3)14-12/h4-6,9-10H,7-8H2,1-3H3,(H,13,14). The second-order valence-electron chi connectivity index (χ2n) is 4.49. The average molecular weight is 205 g/mol. The summed E-state index contributed by atoms with van der Waals surface area (Å²) in [5.74, 6) is 3.58. The van der Waals surface area contributed by atoms with Gasteiger partial charge in [0.25, 0.3) is 0 Å². The van der Waals surface area contributed by atoms with Gasteiger partial charge in [-0.15, -0.1) is 0 Å². The van der Waals surface area contributed by atoms with E-state index in [1.54, 1.807) is 0 Å². The van der Waals surface area contributed by atoms with Gasteiger partial charge in [0.2, 0.25) is 0 Å². The van der Waals surface area contributed by atoms with Crippen molar-refractivity contribution in [3.05, 3.63) is 18.2 Å². The molecule has 1 saturated heterocycles. The van der Waals surface area contributed by atoms with Crippen molar-refractivity contribution in [2.75, 3.05) is 30.4 Å². The van der Waals surface area contributed by atoms with E-state index in [-0.39, 0.29) is 0 Å². The van der Waals surface area contributed by atoms with Crippen LogP contribution in [0.15, 0.2) is 18.2 Å². The van der Waals surface area contributed by atoms with Crippen molar-refractivity contribution in [2.45, 2.75) is 13.8 Å². The monoisotopic (exact) mass is 205 g/mol. The number of rotatable bonds is 2. The van der Waals surface area contributed by atoms with Crippen molar-refractivity contribution in [1.29, 1.82) is 0 Å². The van der Waals surface area contributed by atoms with Gasteiger partial charge >= 0.3 is 0 Å². The van der Waals surface area contributed by atoms with Gasteiger partial charge < -0.3 is 10.2 Å². The van der Waals surface area contributed by atoms with Crippen molar-refractivity contribution in [3.8, 4) is 0 Å². The van der Waals surface area contributed by atoms with E-state index in [4.69, 9.17) is 0 Å². The van der Waals surface area contributed by atoms with Crippen LogP contribution in [0.1, 0.15) is 13.8 Å². The molecule has 1 N–H and O–H groups in total. The summed E-state index contributed by atoms with van der Waals surface area (Å²) < 4.78 is 0. The molecule has 2 rings (SSSR count).